The van der Waals surface area contributed by atoms with Crippen molar-refractivity contribution in [3.05, 3.63) is 39.9 Å². The molecular formula is C11H13Cl2N. The van der Waals surface area contributed by atoms with Crippen LogP contribution in [0.2, 0.25) is 10.0 Å². The number of nitrogens with one attached hydrogen (secondary N) is 1. The third-order valence-corrected chi connectivity index (χ3v) is 2.57. The average Bonchev–Trinajstić information content (AvgIpc) is 2.12. The van der Waals surface area contributed by atoms with Crippen LogP contribution in [0.15, 0.2) is 29.8 Å². The lowest BCUT2D eigenvalue weighted by atomic mass is 10.3. The van der Waals surface area contributed by atoms with E-state index >= 15 is 0 Å². The van der Waals surface area contributed by atoms with Crippen LogP contribution in [0, 0.1) is 0 Å². The smallest absolute Gasteiger partial charge is 0.0823 e. The van der Waals surface area contributed by atoms with E-state index in [1.807, 2.05) is 12.1 Å². The van der Waals surface area contributed by atoms with Crippen LogP contribution in [0.25, 0.3) is 0 Å². The van der Waals surface area contributed by atoms with Gasteiger partial charge >= 0.3 is 0 Å². The van der Waals surface area contributed by atoms with Crippen molar-refractivity contribution < 1.29 is 0 Å². The molecule has 0 saturated carbocycles. The monoisotopic (exact) mass is 229 g/mol. The molecule has 0 atom stereocenters. The van der Waals surface area contributed by atoms with E-state index < -0.39 is 0 Å². The number of hydrogen-bond acceptors (Lipinski definition) is 1. The van der Waals surface area contributed by atoms with Crippen LogP contribution in [-0.2, 0) is 0 Å². The summed E-state index contributed by atoms with van der Waals surface area (Å²) in [4.78, 5) is 0. The molecule has 0 aromatic heterocycles. The molecule has 1 aromatic rings. The van der Waals surface area contributed by atoms with Crippen LogP contribution in [-0.4, -0.2) is 6.54 Å². The highest BCUT2D eigenvalue weighted by molar-refractivity contribution is 6.43. The van der Waals surface area contributed by atoms with Gasteiger partial charge in [0.25, 0.3) is 0 Å². The number of rotatable bonds is 3. The summed E-state index contributed by atoms with van der Waals surface area (Å²) in [5.74, 6) is 0. The van der Waals surface area contributed by atoms with Crippen molar-refractivity contribution in [2.24, 2.45) is 0 Å². The highest BCUT2D eigenvalue weighted by Gasteiger charge is 2.01. The number of allylic oxidation sites excluding steroid dienone is 1. The molecule has 1 aromatic carbocycles. The summed E-state index contributed by atoms with van der Waals surface area (Å²) in [6, 6.07) is 5.56. The zero-order valence-corrected chi connectivity index (χ0v) is 9.78. The van der Waals surface area contributed by atoms with E-state index in [-0.39, 0.29) is 0 Å². The zero-order valence-electron chi connectivity index (χ0n) is 8.27. The van der Waals surface area contributed by atoms with Gasteiger partial charge in [0.05, 0.1) is 15.7 Å². The molecule has 0 saturated heterocycles. The van der Waals surface area contributed by atoms with Crippen LogP contribution in [0.1, 0.15) is 13.8 Å². The molecule has 0 radical (unpaired) electrons. The highest BCUT2D eigenvalue weighted by Crippen LogP contribution is 2.29. The molecule has 1 N–H and O–H groups in total. The second kappa shape index (κ2) is 5.28. The normalized spacial score (nSPS) is 9.71. The van der Waals surface area contributed by atoms with Gasteiger partial charge in [-0.2, -0.15) is 0 Å². The summed E-state index contributed by atoms with van der Waals surface area (Å²) < 4.78 is 0. The molecule has 0 heterocycles. The third kappa shape index (κ3) is 3.24. The maximum Gasteiger partial charge on any atom is 0.0823 e. The second-order valence-electron chi connectivity index (χ2n) is 3.26. The first kappa shape index (κ1) is 11.4. The van der Waals surface area contributed by atoms with Crippen molar-refractivity contribution in [1.29, 1.82) is 0 Å². The molecule has 0 fully saturated rings. The predicted molar refractivity (Wildman–Crippen MR) is 64.4 cm³/mol. The quantitative estimate of drug-likeness (QED) is 0.760. The Morgan fingerprint density at radius 2 is 2.07 bits per heavy atom. The van der Waals surface area contributed by atoms with Gasteiger partial charge in [0, 0.05) is 6.54 Å². The molecule has 14 heavy (non-hydrogen) atoms. The number of anilines is 1. The molecule has 0 unspecified atom stereocenters. The van der Waals surface area contributed by atoms with Crippen LogP contribution in [0.4, 0.5) is 5.69 Å². The fourth-order valence-corrected chi connectivity index (χ4v) is 1.37. The molecule has 0 spiro atoms. The molecule has 0 bridgehead atoms. The van der Waals surface area contributed by atoms with Crippen molar-refractivity contribution in [2.45, 2.75) is 13.8 Å². The maximum absolute atomic E-state index is 5.99. The van der Waals surface area contributed by atoms with Crippen LogP contribution in [0.5, 0.6) is 0 Å². The third-order valence-electron chi connectivity index (χ3n) is 1.75. The zero-order chi connectivity index (χ0) is 10.6. The Balaban J connectivity index is 2.68. The van der Waals surface area contributed by atoms with Crippen LogP contribution >= 0.6 is 23.2 Å². The standard InChI is InChI=1S/C11H13Cl2N/c1-8(2)6-7-14-10-5-3-4-9(12)11(10)13/h3-6,14H,7H2,1-2H3. The van der Waals surface area contributed by atoms with Gasteiger partial charge in [0.1, 0.15) is 0 Å². The minimum Gasteiger partial charge on any atom is -0.380 e. The molecule has 0 aliphatic rings. The van der Waals surface area contributed by atoms with Gasteiger partial charge in [-0.25, -0.2) is 0 Å². The number of halogens is 2. The van der Waals surface area contributed by atoms with E-state index in [1.54, 1.807) is 6.07 Å². The van der Waals surface area contributed by atoms with Gasteiger partial charge in [-0.1, -0.05) is 40.9 Å². The van der Waals surface area contributed by atoms with Gasteiger partial charge in [0.2, 0.25) is 0 Å². The number of benzene rings is 1. The van der Waals surface area contributed by atoms with Crippen molar-refractivity contribution in [2.75, 3.05) is 11.9 Å². The average molecular weight is 230 g/mol. The molecule has 0 aliphatic heterocycles. The predicted octanol–water partition coefficient (Wildman–Crippen LogP) is 4.37. The Morgan fingerprint density at radius 3 is 2.71 bits per heavy atom. The van der Waals surface area contributed by atoms with E-state index in [9.17, 15) is 0 Å². The van der Waals surface area contributed by atoms with Crippen molar-refractivity contribution in [3.63, 3.8) is 0 Å². The van der Waals surface area contributed by atoms with Crippen LogP contribution < -0.4 is 5.32 Å². The maximum atomic E-state index is 5.99. The minimum atomic E-state index is 0.578. The molecule has 1 nitrogen and oxygen atoms in total. The first-order chi connectivity index (χ1) is 6.61. The topological polar surface area (TPSA) is 12.0 Å². The van der Waals surface area contributed by atoms with Crippen molar-refractivity contribution in [1.82, 2.24) is 0 Å². The van der Waals surface area contributed by atoms with E-state index in [1.165, 1.54) is 5.57 Å². The Morgan fingerprint density at radius 1 is 1.36 bits per heavy atom. The van der Waals surface area contributed by atoms with Gasteiger partial charge in [0.15, 0.2) is 0 Å². The summed E-state index contributed by atoms with van der Waals surface area (Å²) in [5, 5.41) is 4.35. The molecule has 1 rings (SSSR count). The minimum absolute atomic E-state index is 0.578. The van der Waals surface area contributed by atoms with Crippen molar-refractivity contribution in [3.8, 4) is 0 Å². The van der Waals surface area contributed by atoms with Gasteiger partial charge in [-0.3, -0.25) is 0 Å². The first-order valence-corrected chi connectivity index (χ1v) is 5.18. The van der Waals surface area contributed by atoms with E-state index in [0.717, 1.165) is 12.2 Å². The van der Waals surface area contributed by atoms with Crippen LogP contribution in [0.3, 0.4) is 0 Å². The fourth-order valence-electron chi connectivity index (χ4n) is 1.01. The van der Waals surface area contributed by atoms with Gasteiger partial charge in [-0.15, -0.1) is 0 Å². The van der Waals surface area contributed by atoms with Gasteiger partial charge in [-0.05, 0) is 26.0 Å². The molecule has 76 valence electrons. The first-order valence-electron chi connectivity index (χ1n) is 4.42. The summed E-state index contributed by atoms with van der Waals surface area (Å²) in [7, 11) is 0. The van der Waals surface area contributed by atoms with E-state index in [4.69, 9.17) is 23.2 Å². The lowest BCUT2D eigenvalue weighted by Gasteiger charge is -2.06. The lowest BCUT2D eigenvalue weighted by Crippen LogP contribution is -1.99. The summed E-state index contributed by atoms with van der Waals surface area (Å²) in [6.45, 7) is 4.88. The second-order valence-corrected chi connectivity index (χ2v) is 4.05. The van der Waals surface area contributed by atoms with Gasteiger partial charge < -0.3 is 5.32 Å². The number of hydrogen-bond donors (Lipinski definition) is 1. The Labute approximate surface area is 94.7 Å². The molecule has 3 heteroatoms. The molecule has 0 amide bonds. The molecule has 0 aliphatic carbocycles. The summed E-state index contributed by atoms with van der Waals surface area (Å²) in [6.07, 6.45) is 2.09. The highest BCUT2D eigenvalue weighted by atomic mass is 35.5. The molecular weight excluding hydrogens is 217 g/mol. The Kier molecular flexibility index (Phi) is 4.30. The van der Waals surface area contributed by atoms with E-state index in [0.29, 0.717) is 10.0 Å². The fraction of sp³-hybridized carbons (Fsp3) is 0.273. The van der Waals surface area contributed by atoms with Crippen molar-refractivity contribution >= 4 is 28.9 Å². The largest absolute Gasteiger partial charge is 0.380 e. The Bertz CT molecular complexity index is 341. The van der Waals surface area contributed by atoms with E-state index in [2.05, 4.69) is 25.2 Å². The Hall–Kier alpha value is -0.660. The summed E-state index contributed by atoms with van der Waals surface area (Å²) >= 11 is 11.9. The lowest BCUT2D eigenvalue weighted by molar-refractivity contribution is 1.26. The SMILES string of the molecule is CC(C)=CCNc1cccc(Cl)c1Cl. The summed E-state index contributed by atoms with van der Waals surface area (Å²) in [5.41, 5.74) is 2.15.